The Bertz CT molecular complexity index is 699. The molecule has 1 aromatic heterocycles. The van der Waals surface area contributed by atoms with Crippen LogP contribution in [-0.2, 0) is 6.54 Å². The minimum absolute atomic E-state index is 0.132. The topological polar surface area (TPSA) is 62.6 Å². The number of ether oxygens (including phenoxy) is 1. The van der Waals surface area contributed by atoms with E-state index in [9.17, 15) is 4.79 Å². The molecule has 0 bridgehead atoms. The van der Waals surface area contributed by atoms with Crippen LogP contribution in [0.3, 0.4) is 0 Å². The Morgan fingerprint density at radius 1 is 1.28 bits per heavy atom. The second kappa shape index (κ2) is 8.22. The van der Waals surface area contributed by atoms with Crippen molar-refractivity contribution in [2.45, 2.75) is 6.54 Å². The van der Waals surface area contributed by atoms with E-state index >= 15 is 0 Å². The monoisotopic (exact) mass is 363 g/mol. The van der Waals surface area contributed by atoms with Crippen LogP contribution < -0.4 is 10.1 Å². The predicted molar refractivity (Wildman–Crippen MR) is 97.3 cm³/mol. The Hall–Kier alpha value is -2.25. The number of nitrogens with one attached hydrogen (secondary N) is 1. The molecule has 2 aromatic rings. The number of piperazine rings is 1. The molecule has 1 aliphatic rings. The molecule has 25 heavy (non-hydrogen) atoms. The van der Waals surface area contributed by atoms with Crippen LogP contribution in [0.5, 0.6) is 5.75 Å². The van der Waals surface area contributed by atoms with Crippen LogP contribution in [0.2, 0.25) is 5.02 Å². The number of aromatic nitrogens is 2. The van der Waals surface area contributed by atoms with Crippen LogP contribution in [0.25, 0.3) is 0 Å². The SMILES string of the molecule is COc1ccc(Cl)cc1NC(=O)N1CCN(CCn2cccn2)CC1. The van der Waals surface area contributed by atoms with Gasteiger partial charge in [0.1, 0.15) is 5.75 Å². The zero-order chi connectivity index (χ0) is 17.6. The van der Waals surface area contributed by atoms with Crippen LogP contribution in [0.1, 0.15) is 0 Å². The molecule has 2 amide bonds. The van der Waals surface area contributed by atoms with Crippen LogP contribution >= 0.6 is 11.6 Å². The summed E-state index contributed by atoms with van der Waals surface area (Å²) < 4.78 is 7.19. The predicted octanol–water partition coefficient (Wildman–Crippen LogP) is 2.39. The zero-order valence-corrected chi connectivity index (χ0v) is 14.9. The summed E-state index contributed by atoms with van der Waals surface area (Å²) in [6, 6.07) is 6.96. The van der Waals surface area contributed by atoms with Crippen molar-refractivity contribution in [1.82, 2.24) is 19.6 Å². The first-order chi connectivity index (χ1) is 12.2. The Morgan fingerprint density at radius 2 is 2.08 bits per heavy atom. The summed E-state index contributed by atoms with van der Waals surface area (Å²) in [6.45, 7) is 4.86. The maximum absolute atomic E-state index is 12.5. The van der Waals surface area contributed by atoms with Crippen molar-refractivity contribution in [3.05, 3.63) is 41.7 Å². The number of rotatable bonds is 5. The van der Waals surface area contributed by atoms with Gasteiger partial charge in [-0.2, -0.15) is 5.10 Å². The maximum atomic E-state index is 12.5. The summed E-state index contributed by atoms with van der Waals surface area (Å²) >= 11 is 6.00. The second-order valence-corrected chi connectivity index (χ2v) is 6.31. The molecule has 0 spiro atoms. The Balaban J connectivity index is 1.49. The quantitative estimate of drug-likeness (QED) is 0.886. The highest BCUT2D eigenvalue weighted by Crippen LogP contribution is 2.28. The molecular formula is C17H22ClN5O2. The molecular weight excluding hydrogens is 342 g/mol. The van der Waals surface area contributed by atoms with Gasteiger partial charge in [0.2, 0.25) is 0 Å². The van der Waals surface area contributed by atoms with E-state index in [1.807, 2.05) is 21.8 Å². The molecule has 3 rings (SSSR count). The standard InChI is InChI=1S/C17H22ClN5O2/c1-25-16-4-3-14(18)13-15(16)20-17(24)22-10-7-21(8-11-22)9-12-23-6-2-5-19-23/h2-6,13H,7-12H2,1H3,(H,20,24). The molecule has 2 heterocycles. The van der Waals surface area contributed by atoms with Gasteiger partial charge >= 0.3 is 6.03 Å². The summed E-state index contributed by atoms with van der Waals surface area (Å²) in [7, 11) is 1.57. The molecule has 7 nitrogen and oxygen atoms in total. The summed E-state index contributed by atoms with van der Waals surface area (Å²) in [4.78, 5) is 16.6. The van der Waals surface area contributed by atoms with Gasteiger partial charge in [-0.15, -0.1) is 0 Å². The van der Waals surface area contributed by atoms with Gasteiger partial charge in [-0.05, 0) is 24.3 Å². The third kappa shape index (κ3) is 4.64. The van der Waals surface area contributed by atoms with Crippen LogP contribution in [0, 0.1) is 0 Å². The van der Waals surface area contributed by atoms with E-state index in [4.69, 9.17) is 16.3 Å². The van der Waals surface area contributed by atoms with E-state index in [0.717, 1.165) is 26.2 Å². The molecule has 0 saturated carbocycles. The van der Waals surface area contributed by atoms with Crippen molar-refractivity contribution >= 4 is 23.3 Å². The summed E-state index contributed by atoms with van der Waals surface area (Å²) in [5, 5.41) is 7.65. The Morgan fingerprint density at radius 3 is 2.76 bits per heavy atom. The Kier molecular flexibility index (Phi) is 5.78. The second-order valence-electron chi connectivity index (χ2n) is 5.87. The van der Waals surface area contributed by atoms with Crippen LogP contribution in [-0.4, -0.2) is 65.4 Å². The highest BCUT2D eigenvalue weighted by Gasteiger charge is 2.21. The molecule has 0 radical (unpaired) electrons. The average Bonchev–Trinajstić information content (AvgIpc) is 3.14. The van der Waals surface area contributed by atoms with Crippen molar-refractivity contribution in [1.29, 1.82) is 0 Å². The fourth-order valence-electron chi connectivity index (χ4n) is 2.82. The van der Waals surface area contributed by atoms with Crippen molar-refractivity contribution < 1.29 is 9.53 Å². The first kappa shape index (κ1) is 17.6. The van der Waals surface area contributed by atoms with Gasteiger partial charge in [0.05, 0.1) is 19.3 Å². The van der Waals surface area contributed by atoms with Gasteiger partial charge in [0.25, 0.3) is 0 Å². The van der Waals surface area contributed by atoms with Gasteiger partial charge in [-0.1, -0.05) is 11.6 Å². The third-order valence-corrected chi connectivity index (χ3v) is 4.50. The van der Waals surface area contributed by atoms with Crippen LogP contribution in [0.15, 0.2) is 36.7 Å². The summed E-state index contributed by atoms with van der Waals surface area (Å²) in [6.07, 6.45) is 3.74. The molecule has 0 atom stereocenters. The number of urea groups is 1. The van der Waals surface area contributed by atoms with Crippen molar-refractivity contribution in [2.75, 3.05) is 45.2 Å². The number of benzene rings is 1. The lowest BCUT2D eigenvalue weighted by molar-refractivity contribution is 0.143. The van der Waals surface area contributed by atoms with Crippen LogP contribution in [0.4, 0.5) is 10.5 Å². The fourth-order valence-corrected chi connectivity index (χ4v) is 3.00. The smallest absolute Gasteiger partial charge is 0.322 e. The number of amides is 2. The summed E-state index contributed by atoms with van der Waals surface area (Å²) in [5.74, 6) is 0.593. The summed E-state index contributed by atoms with van der Waals surface area (Å²) in [5.41, 5.74) is 0.584. The van der Waals surface area contributed by atoms with E-state index in [2.05, 4.69) is 15.3 Å². The highest BCUT2D eigenvalue weighted by molar-refractivity contribution is 6.31. The molecule has 1 fully saturated rings. The van der Waals surface area contributed by atoms with Gasteiger partial charge in [0.15, 0.2) is 0 Å². The molecule has 134 valence electrons. The first-order valence-electron chi connectivity index (χ1n) is 8.25. The van der Waals surface area contributed by atoms with E-state index in [0.29, 0.717) is 29.5 Å². The number of carbonyl (C=O) groups excluding carboxylic acids is 1. The van der Waals surface area contributed by atoms with E-state index in [1.165, 1.54) is 0 Å². The van der Waals surface area contributed by atoms with Gasteiger partial charge in [-0.3, -0.25) is 9.58 Å². The minimum Gasteiger partial charge on any atom is -0.495 e. The lowest BCUT2D eigenvalue weighted by Crippen LogP contribution is -2.50. The lowest BCUT2D eigenvalue weighted by atomic mass is 10.3. The fraction of sp³-hybridized carbons (Fsp3) is 0.412. The average molecular weight is 364 g/mol. The number of anilines is 1. The van der Waals surface area contributed by atoms with Crippen molar-refractivity contribution in [3.63, 3.8) is 0 Å². The van der Waals surface area contributed by atoms with E-state index in [1.54, 1.807) is 31.5 Å². The largest absolute Gasteiger partial charge is 0.495 e. The number of methoxy groups -OCH3 is 1. The molecule has 1 aliphatic heterocycles. The van der Waals surface area contributed by atoms with E-state index in [-0.39, 0.29) is 6.03 Å². The van der Waals surface area contributed by atoms with Gasteiger partial charge in [-0.25, -0.2) is 4.79 Å². The number of hydrogen-bond acceptors (Lipinski definition) is 4. The minimum atomic E-state index is -0.132. The molecule has 1 aromatic carbocycles. The lowest BCUT2D eigenvalue weighted by Gasteiger charge is -2.34. The number of halogens is 1. The Labute approximate surface area is 152 Å². The number of nitrogens with zero attached hydrogens (tertiary/aromatic N) is 4. The molecule has 1 saturated heterocycles. The first-order valence-corrected chi connectivity index (χ1v) is 8.63. The van der Waals surface area contributed by atoms with Crippen molar-refractivity contribution in [2.24, 2.45) is 0 Å². The third-order valence-electron chi connectivity index (χ3n) is 4.27. The molecule has 1 N–H and O–H groups in total. The van der Waals surface area contributed by atoms with Crippen molar-refractivity contribution in [3.8, 4) is 5.75 Å². The van der Waals surface area contributed by atoms with Gasteiger partial charge < -0.3 is 15.0 Å². The number of carbonyl (C=O) groups is 1. The van der Waals surface area contributed by atoms with E-state index < -0.39 is 0 Å². The zero-order valence-electron chi connectivity index (χ0n) is 14.2. The normalized spacial score (nSPS) is 15.2. The molecule has 0 unspecified atom stereocenters. The maximum Gasteiger partial charge on any atom is 0.322 e. The molecule has 8 heteroatoms. The highest BCUT2D eigenvalue weighted by atomic mass is 35.5. The number of hydrogen-bond donors (Lipinski definition) is 1. The van der Waals surface area contributed by atoms with Gasteiger partial charge in [0, 0.05) is 50.1 Å². The molecule has 0 aliphatic carbocycles.